The zero-order valence-corrected chi connectivity index (χ0v) is 26.5. The molecule has 0 saturated carbocycles. The van der Waals surface area contributed by atoms with Gasteiger partial charge in [-0.15, -0.1) is 0 Å². The van der Waals surface area contributed by atoms with E-state index in [1.165, 1.54) is 9.80 Å². The van der Waals surface area contributed by atoms with Crippen molar-refractivity contribution in [1.29, 1.82) is 0 Å². The number of carbonyl (C=O) groups is 5. The summed E-state index contributed by atoms with van der Waals surface area (Å²) in [6, 6.07) is 4.87. The van der Waals surface area contributed by atoms with E-state index < -0.39 is 23.6 Å². The SMILES string of the molecule is CC(C)(C)C1CC(c2ccc3c(c2)CN(C2CCC(=O)NC2=O)C3=O)=CCN1C(=O)O.CC(C)(C)OC(=O)N1CC=CCC1. The first-order chi connectivity index (χ1) is 20.5. The van der Waals surface area contributed by atoms with E-state index in [2.05, 4.69) is 11.4 Å². The second kappa shape index (κ2) is 12.8. The quantitative estimate of drug-likeness (QED) is 0.363. The van der Waals surface area contributed by atoms with Crippen LogP contribution in [0.25, 0.3) is 5.57 Å². The summed E-state index contributed by atoms with van der Waals surface area (Å²) < 4.78 is 5.23. The lowest BCUT2D eigenvalue weighted by molar-refractivity contribution is -0.136. The van der Waals surface area contributed by atoms with Crippen LogP contribution in [0.5, 0.6) is 0 Å². The Balaban J connectivity index is 0.000000285. The van der Waals surface area contributed by atoms with Gasteiger partial charge in [-0.2, -0.15) is 0 Å². The molecule has 0 radical (unpaired) electrons. The first kappa shape index (κ1) is 32.8. The summed E-state index contributed by atoms with van der Waals surface area (Å²) in [5.41, 5.74) is 2.85. The molecule has 1 fully saturated rings. The molecule has 238 valence electrons. The highest BCUT2D eigenvalue weighted by Crippen LogP contribution is 2.37. The van der Waals surface area contributed by atoms with Gasteiger partial charge in [0, 0.05) is 44.2 Å². The molecule has 0 aromatic heterocycles. The summed E-state index contributed by atoms with van der Waals surface area (Å²) in [7, 11) is 0. The Kier molecular flexibility index (Phi) is 9.56. The third-order valence-corrected chi connectivity index (χ3v) is 8.17. The normalized spacial score (nSPS) is 22.1. The first-order valence-corrected chi connectivity index (χ1v) is 15.1. The third kappa shape index (κ3) is 7.67. The highest BCUT2D eigenvalue weighted by molar-refractivity contribution is 6.05. The Morgan fingerprint density at radius 2 is 1.75 bits per heavy atom. The van der Waals surface area contributed by atoms with Crippen LogP contribution in [0.15, 0.2) is 36.4 Å². The Labute approximate surface area is 258 Å². The predicted molar refractivity (Wildman–Crippen MR) is 165 cm³/mol. The van der Waals surface area contributed by atoms with Crippen LogP contribution in [0.3, 0.4) is 0 Å². The number of carboxylic acid groups (broad SMARTS) is 1. The van der Waals surface area contributed by atoms with Crippen LogP contribution in [0.2, 0.25) is 0 Å². The van der Waals surface area contributed by atoms with E-state index in [-0.39, 0.29) is 35.8 Å². The Hall–Kier alpha value is -4.15. The molecule has 44 heavy (non-hydrogen) atoms. The molecule has 4 heterocycles. The van der Waals surface area contributed by atoms with E-state index in [0.717, 1.165) is 29.7 Å². The minimum Gasteiger partial charge on any atom is -0.465 e. The number of piperidine rings is 1. The van der Waals surface area contributed by atoms with Crippen LogP contribution in [-0.4, -0.2) is 87.0 Å². The number of nitrogens with one attached hydrogen (secondary N) is 1. The van der Waals surface area contributed by atoms with Crippen LogP contribution in [-0.2, 0) is 20.9 Å². The molecule has 2 N–H and O–H groups in total. The number of rotatable bonds is 2. The summed E-state index contributed by atoms with van der Waals surface area (Å²) in [5.74, 6) is -0.923. The molecule has 1 aromatic carbocycles. The van der Waals surface area contributed by atoms with Gasteiger partial charge in [0.1, 0.15) is 11.6 Å². The van der Waals surface area contributed by atoms with E-state index in [1.54, 1.807) is 11.0 Å². The number of benzene rings is 1. The molecule has 0 bridgehead atoms. The maximum Gasteiger partial charge on any atom is 0.410 e. The van der Waals surface area contributed by atoms with Gasteiger partial charge in [-0.3, -0.25) is 19.7 Å². The summed E-state index contributed by atoms with van der Waals surface area (Å²) in [4.78, 5) is 64.4. The van der Waals surface area contributed by atoms with Crippen molar-refractivity contribution in [2.24, 2.45) is 5.41 Å². The van der Waals surface area contributed by atoms with E-state index >= 15 is 0 Å². The van der Waals surface area contributed by atoms with Crippen LogP contribution >= 0.6 is 0 Å². The number of ether oxygens (including phenoxy) is 1. The van der Waals surface area contributed by atoms with Crippen molar-refractivity contribution >= 4 is 35.5 Å². The monoisotopic (exact) mass is 608 g/mol. The number of hydrogen-bond acceptors (Lipinski definition) is 6. The molecular weight excluding hydrogens is 564 g/mol. The van der Waals surface area contributed by atoms with Gasteiger partial charge in [-0.25, -0.2) is 9.59 Å². The zero-order valence-electron chi connectivity index (χ0n) is 26.5. The van der Waals surface area contributed by atoms with Gasteiger partial charge in [0.2, 0.25) is 11.8 Å². The molecule has 2 atom stereocenters. The van der Waals surface area contributed by atoms with Crippen molar-refractivity contribution in [3.63, 3.8) is 0 Å². The van der Waals surface area contributed by atoms with Crippen molar-refractivity contribution in [2.75, 3.05) is 19.6 Å². The molecular formula is C33H44N4O7. The second-order valence-electron chi connectivity index (χ2n) is 13.7. The minimum atomic E-state index is -0.922. The average Bonchev–Trinajstić information content (AvgIpc) is 3.27. The van der Waals surface area contributed by atoms with Crippen LogP contribution in [0.4, 0.5) is 9.59 Å². The zero-order chi connectivity index (χ0) is 32.4. The molecule has 11 nitrogen and oxygen atoms in total. The number of carbonyl (C=O) groups excluding carboxylic acids is 4. The molecule has 4 aliphatic heterocycles. The fourth-order valence-electron chi connectivity index (χ4n) is 5.87. The van der Waals surface area contributed by atoms with E-state index in [4.69, 9.17) is 4.74 Å². The van der Waals surface area contributed by atoms with Crippen molar-refractivity contribution in [1.82, 2.24) is 20.0 Å². The van der Waals surface area contributed by atoms with Crippen molar-refractivity contribution in [3.8, 4) is 0 Å². The van der Waals surface area contributed by atoms with Gasteiger partial charge < -0.3 is 24.5 Å². The molecule has 4 aliphatic rings. The standard InChI is InChI=1S/C23H27N3O5.C10H17NO2/c1-23(2,3)18-11-14(8-9-25(18)22(30)31)13-4-5-16-15(10-13)12-26(21(16)29)17-6-7-19(27)24-20(17)28;1-10(2,3)13-9(12)11-7-5-4-6-8-11/h4-5,8,10,17-18H,6-7,9,11-12H2,1-3H3,(H,30,31)(H,24,27,28);4-5H,6-8H2,1-3H3. The molecule has 5 amide bonds. The topological polar surface area (TPSA) is 137 Å². The molecule has 5 rings (SSSR count). The summed E-state index contributed by atoms with van der Waals surface area (Å²) in [6.45, 7) is 13.8. The first-order valence-electron chi connectivity index (χ1n) is 15.1. The van der Waals surface area contributed by atoms with E-state index in [1.807, 2.05) is 65.8 Å². The van der Waals surface area contributed by atoms with Crippen molar-refractivity contribution < 1.29 is 33.8 Å². The second-order valence-corrected chi connectivity index (χ2v) is 13.7. The van der Waals surface area contributed by atoms with Crippen molar-refractivity contribution in [2.45, 2.75) is 91.5 Å². The number of nitrogens with zero attached hydrogens (tertiary/aromatic N) is 3. The van der Waals surface area contributed by atoms with Crippen LogP contribution in [0.1, 0.15) is 88.7 Å². The molecule has 11 heteroatoms. The lowest BCUT2D eigenvalue weighted by atomic mass is 9.79. The maximum absolute atomic E-state index is 12.9. The number of hydrogen-bond donors (Lipinski definition) is 2. The predicted octanol–water partition coefficient (Wildman–Crippen LogP) is 4.81. The van der Waals surface area contributed by atoms with Gasteiger partial charge in [0.15, 0.2) is 0 Å². The summed E-state index contributed by atoms with van der Waals surface area (Å²) in [5, 5.41) is 11.9. The Morgan fingerprint density at radius 3 is 2.34 bits per heavy atom. The van der Waals surface area contributed by atoms with Gasteiger partial charge in [0.25, 0.3) is 5.91 Å². The van der Waals surface area contributed by atoms with Crippen LogP contribution in [0, 0.1) is 5.41 Å². The lowest BCUT2D eigenvalue weighted by Gasteiger charge is -2.41. The average molecular weight is 609 g/mol. The molecule has 0 spiro atoms. The molecule has 2 unspecified atom stereocenters. The van der Waals surface area contributed by atoms with E-state index in [0.29, 0.717) is 38.0 Å². The fourth-order valence-corrected chi connectivity index (χ4v) is 5.87. The number of imide groups is 1. The Bertz CT molecular complexity index is 1390. The fraction of sp³-hybridized carbons (Fsp3) is 0.545. The molecule has 1 saturated heterocycles. The van der Waals surface area contributed by atoms with Crippen LogP contribution < -0.4 is 5.32 Å². The number of amides is 5. The van der Waals surface area contributed by atoms with Gasteiger partial charge in [-0.05, 0) is 74.3 Å². The van der Waals surface area contributed by atoms with Gasteiger partial charge >= 0.3 is 12.2 Å². The van der Waals surface area contributed by atoms with Gasteiger partial charge in [-0.1, -0.05) is 45.1 Å². The highest BCUT2D eigenvalue weighted by atomic mass is 16.6. The smallest absolute Gasteiger partial charge is 0.410 e. The van der Waals surface area contributed by atoms with Gasteiger partial charge in [0.05, 0.1) is 0 Å². The lowest BCUT2D eigenvalue weighted by Crippen LogP contribution is -2.52. The van der Waals surface area contributed by atoms with Crippen molar-refractivity contribution in [3.05, 3.63) is 53.1 Å². The molecule has 0 aliphatic carbocycles. The molecule has 1 aromatic rings. The Morgan fingerprint density at radius 1 is 1.02 bits per heavy atom. The maximum atomic E-state index is 12.9. The summed E-state index contributed by atoms with van der Waals surface area (Å²) in [6.07, 6.45) is 6.97. The number of fused-ring (bicyclic) bond motifs is 1. The third-order valence-electron chi connectivity index (χ3n) is 8.17. The largest absolute Gasteiger partial charge is 0.465 e. The van der Waals surface area contributed by atoms with E-state index in [9.17, 15) is 29.1 Å². The summed E-state index contributed by atoms with van der Waals surface area (Å²) >= 11 is 0. The minimum absolute atomic E-state index is 0.153. The highest BCUT2D eigenvalue weighted by Gasteiger charge is 2.40.